The maximum absolute atomic E-state index is 9.47. The monoisotopic (exact) mass is 113 g/mol. The number of hydrogen-bond donors (Lipinski definition) is 1. The summed E-state index contributed by atoms with van der Waals surface area (Å²) in [6.45, 7) is 3.09. The van der Waals surface area contributed by atoms with Crippen LogP contribution >= 0.6 is 0 Å². The van der Waals surface area contributed by atoms with E-state index in [0.29, 0.717) is 0 Å². The molecule has 0 bridgehead atoms. The molecule has 0 aliphatic heterocycles. The molecule has 0 spiro atoms. The van der Waals surface area contributed by atoms with Crippen LogP contribution in [0.1, 0.15) is 0 Å². The Bertz CT molecular complexity index is 66.0. The first-order valence-corrected chi connectivity index (χ1v) is 1.19. The summed E-state index contributed by atoms with van der Waals surface area (Å²) in [6, 6.07) is 0. The zero-order valence-corrected chi connectivity index (χ0v) is 4.90. The van der Waals surface area contributed by atoms with E-state index in [1.54, 1.807) is 0 Å². The minimum atomic E-state index is -0.481. The molecule has 2 nitrogen and oxygen atoms in total. The van der Waals surface area contributed by atoms with Crippen molar-refractivity contribution >= 4 is 5.91 Å². The maximum atomic E-state index is 9.47. The SMILES string of the molecule is C=CC(N)=O.[Cl-].[Li+]. The third kappa shape index (κ3) is 23.3. The second kappa shape index (κ2) is 9.44. The normalized spacial score (nSPS) is 4.57. The van der Waals surface area contributed by atoms with Gasteiger partial charge < -0.3 is 18.1 Å². The number of carbonyl (C=O) groups excluding carboxylic acids is 1. The van der Waals surface area contributed by atoms with E-state index in [-0.39, 0.29) is 31.3 Å². The molecule has 0 fully saturated rings. The van der Waals surface area contributed by atoms with Crippen LogP contribution in [0, 0.1) is 0 Å². The molecule has 7 heavy (non-hydrogen) atoms. The van der Waals surface area contributed by atoms with Gasteiger partial charge in [-0.15, -0.1) is 0 Å². The van der Waals surface area contributed by atoms with Gasteiger partial charge >= 0.3 is 18.9 Å². The van der Waals surface area contributed by atoms with Crippen molar-refractivity contribution in [2.45, 2.75) is 0 Å². The van der Waals surface area contributed by atoms with Crippen molar-refractivity contribution < 1.29 is 36.1 Å². The van der Waals surface area contributed by atoms with Gasteiger partial charge in [-0.3, -0.25) is 4.79 Å². The van der Waals surface area contributed by atoms with E-state index >= 15 is 0 Å². The second-order valence-corrected chi connectivity index (χ2v) is 0.606. The van der Waals surface area contributed by atoms with E-state index in [9.17, 15) is 4.79 Å². The summed E-state index contributed by atoms with van der Waals surface area (Å²) in [5.74, 6) is -0.481. The van der Waals surface area contributed by atoms with Crippen LogP contribution in [-0.4, -0.2) is 5.91 Å². The Morgan fingerprint density at radius 1 is 1.71 bits per heavy atom. The fourth-order valence-electron chi connectivity index (χ4n) is 0. The smallest absolute Gasteiger partial charge is 1.00 e. The van der Waals surface area contributed by atoms with Crippen molar-refractivity contribution in [2.75, 3.05) is 0 Å². The fraction of sp³-hybridized carbons (Fsp3) is 0. The number of nitrogens with two attached hydrogens (primary N) is 1. The topological polar surface area (TPSA) is 43.1 Å². The average molecular weight is 113 g/mol. The van der Waals surface area contributed by atoms with Crippen molar-refractivity contribution in [3.8, 4) is 0 Å². The van der Waals surface area contributed by atoms with Crippen LogP contribution < -0.4 is 37.0 Å². The number of rotatable bonds is 1. The molecule has 0 aromatic heterocycles. The zero-order valence-electron chi connectivity index (χ0n) is 4.15. The van der Waals surface area contributed by atoms with Gasteiger partial charge in [-0.25, -0.2) is 0 Å². The van der Waals surface area contributed by atoms with Gasteiger partial charge in [0.25, 0.3) is 0 Å². The molecule has 1 amide bonds. The molecule has 0 saturated heterocycles. The fourth-order valence-corrected chi connectivity index (χ4v) is 0. The predicted octanol–water partition coefficient (Wildman–Crippen LogP) is -6.33. The molecular formula is C3H5ClLiNO. The largest absolute Gasteiger partial charge is 1.00 e. The number of primary amides is 1. The summed E-state index contributed by atoms with van der Waals surface area (Å²) in [5, 5.41) is 0. The van der Waals surface area contributed by atoms with Crippen LogP contribution in [0.15, 0.2) is 12.7 Å². The molecule has 0 unspecified atom stereocenters. The third-order valence-corrected chi connectivity index (χ3v) is 0.201. The summed E-state index contributed by atoms with van der Waals surface area (Å²) in [7, 11) is 0. The van der Waals surface area contributed by atoms with Crippen LogP contribution in [0.4, 0.5) is 0 Å². The Hall–Kier alpha value is 0.0974. The molecule has 0 aliphatic carbocycles. The molecule has 0 rings (SSSR count). The molecule has 2 N–H and O–H groups in total. The van der Waals surface area contributed by atoms with Gasteiger partial charge in [0.05, 0.1) is 0 Å². The van der Waals surface area contributed by atoms with Crippen molar-refractivity contribution in [3.05, 3.63) is 12.7 Å². The van der Waals surface area contributed by atoms with Crippen LogP contribution in [-0.2, 0) is 4.79 Å². The molecule has 0 aromatic carbocycles. The first kappa shape index (κ1) is 15.7. The van der Waals surface area contributed by atoms with Gasteiger partial charge in [0.15, 0.2) is 0 Å². The van der Waals surface area contributed by atoms with E-state index in [1.165, 1.54) is 0 Å². The van der Waals surface area contributed by atoms with Gasteiger partial charge in [-0.05, 0) is 6.08 Å². The Labute approximate surface area is 60.7 Å². The van der Waals surface area contributed by atoms with Gasteiger partial charge in [-0.1, -0.05) is 6.58 Å². The van der Waals surface area contributed by atoms with Crippen LogP contribution in [0.25, 0.3) is 0 Å². The van der Waals surface area contributed by atoms with E-state index in [2.05, 4.69) is 12.3 Å². The van der Waals surface area contributed by atoms with Crippen molar-refractivity contribution in [1.29, 1.82) is 0 Å². The summed E-state index contributed by atoms with van der Waals surface area (Å²) in [4.78, 5) is 9.47. The van der Waals surface area contributed by atoms with Gasteiger partial charge in [-0.2, -0.15) is 0 Å². The Kier molecular flexibility index (Phi) is 21.2. The van der Waals surface area contributed by atoms with Crippen LogP contribution in [0.5, 0.6) is 0 Å². The Morgan fingerprint density at radius 3 is 1.86 bits per heavy atom. The van der Waals surface area contributed by atoms with E-state index in [4.69, 9.17) is 0 Å². The van der Waals surface area contributed by atoms with Gasteiger partial charge in [0.1, 0.15) is 0 Å². The Morgan fingerprint density at radius 2 is 1.86 bits per heavy atom. The van der Waals surface area contributed by atoms with E-state index in [0.717, 1.165) is 6.08 Å². The minimum Gasteiger partial charge on any atom is -1.00 e. The molecule has 0 radical (unpaired) electrons. The number of carbonyl (C=O) groups is 1. The van der Waals surface area contributed by atoms with E-state index < -0.39 is 5.91 Å². The second-order valence-electron chi connectivity index (χ2n) is 0.606. The molecule has 36 valence electrons. The molecule has 0 heterocycles. The number of hydrogen-bond acceptors (Lipinski definition) is 1. The summed E-state index contributed by atoms with van der Waals surface area (Å²) >= 11 is 0. The summed E-state index contributed by atoms with van der Waals surface area (Å²) in [5.41, 5.74) is 4.53. The zero-order chi connectivity index (χ0) is 4.28. The first-order valence-electron chi connectivity index (χ1n) is 1.19. The molecule has 0 aliphatic rings. The van der Waals surface area contributed by atoms with Crippen LogP contribution in [0.2, 0.25) is 0 Å². The molecular weight excluding hydrogens is 108 g/mol. The average Bonchev–Trinajstić information content (AvgIpc) is 1.38. The molecule has 0 saturated carbocycles. The summed E-state index contributed by atoms with van der Waals surface area (Å²) < 4.78 is 0. The third-order valence-electron chi connectivity index (χ3n) is 0.201. The quantitative estimate of drug-likeness (QED) is 0.267. The molecule has 0 atom stereocenters. The molecule has 0 aromatic rings. The predicted molar refractivity (Wildman–Crippen MR) is 19.4 cm³/mol. The maximum Gasteiger partial charge on any atom is 1.00 e. The van der Waals surface area contributed by atoms with Crippen molar-refractivity contribution in [2.24, 2.45) is 5.73 Å². The summed E-state index contributed by atoms with van der Waals surface area (Å²) in [6.07, 6.45) is 1.06. The molecule has 4 heteroatoms. The standard InChI is InChI=1S/C3H5NO.ClH.Li/c1-2-3(4)5;;/h2H,1H2,(H2,4,5);1H;/q;;+1/p-1. The van der Waals surface area contributed by atoms with Gasteiger partial charge in [0.2, 0.25) is 5.91 Å². The van der Waals surface area contributed by atoms with E-state index in [1.807, 2.05) is 0 Å². The van der Waals surface area contributed by atoms with Crippen LogP contribution in [0.3, 0.4) is 0 Å². The first-order chi connectivity index (χ1) is 2.27. The Balaban J connectivity index is -0.0000000800. The van der Waals surface area contributed by atoms with Crippen molar-refractivity contribution in [1.82, 2.24) is 0 Å². The number of amides is 1. The van der Waals surface area contributed by atoms with Crippen molar-refractivity contribution in [3.63, 3.8) is 0 Å². The minimum absolute atomic E-state index is 0. The number of halogens is 1. The van der Waals surface area contributed by atoms with Gasteiger partial charge in [0, 0.05) is 0 Å².